The summed E-state index contributed by atoms with van der Waals surface area (Å²) in [6.07, 6.45) is 0.916. The van der Waals surface area contributed by atoms with E-state index in [1.807, 2.05) is 38.1 Å². The Morgan fingerprint density at radius 3 is 2.63 bits per heavy atom. The average molecular weight is 264 g/mol. The third-order valence-electron chi connectivity index (χ3n) is 2.71. The summed E-state index contributed by atoms with van der Waals surface area (Å²) in [5.74, 6) is -0.182. The van der Waals surface area contributed by atoms with Gasteiger partial charge in [-0.2, -0.15) is 0 Å². The number of benzene rings is 1. The van der Waals surface area contributed by atoms with Gasteiger partial charge in [0.25, 0.3) is 0 Å². The molecule has 1 aromatic rings. The summed E-state index contributed by atoms with van der Waals surface area (Å²) in [7, 11) is 0. The molecule has 0 heterocycles. The van der Waals surface area contributed by atoms with Crippen molar-refractivity contribution < 1.29 is 9.53 Å². The third-order valence-corrected chi connectivity index (χ3v) is 2.71. The Kier molecular flexibility index (Phi) is 6.36. The van der Waals surface area contributed by atoms with Crippen molar-refractivity contribution in [2.24, 2.45) is 0 Å². The van der Waals surface area contributed by atoms with Crippen LogP contribution in [0.3, 0.4) is 0 Å². The highest BCUT2D eigenvalue weighted by Gasteiger charge is 2.13. The van der Waals surface area contributed by atoms with Crippen LogP contribution in [0, 0.1) is 0 Å². The second kappa shape index (κ2) is 7.79. The van der Waals surface area contributed by atoms with Crippen LogP contribution in [0.5, 0.6) is 0 Å². The molecular formula is C15H24N2O2. The number of nitrogen functional groups attached to an aromatic ring is 1. The maximum atomic E-state index is 11.7. The predicted molar refractivity (Wildman–Crippen MR) is 77.7 cm³/mol. The first-order valence-electron chi connectivity index (χ1n) is 6.78. The van der Waals surface area contributed by atoms with Gasteiger partial charge in [-0.1, -0.05) is 25.1 Å². The first-order valence-corrected chi connectivity index (χ1v) is 6.78. The molecule has 0 fully saturated rings. The van der Waals surface area contributed by atoms with E-state index in [1.54, 1.807) is 0 Å². The highest BCUT2D eigenvalue weighted by Crippen LogP contribution is 2.13. The zero-order chi connectivity index (χ0) is 14.3. The molecule has 0 aliphatic rings. The number of anilines is 1. The molecule has 19 heavy (non-hydrogen) atoms. The number of carbonyl (C=O) groups is 1. The third kappa shape index (κ3) is 5.75. The molecule has 0 radical (unpaired) electrons. The van der Waals surface area contributed by atoms with Crippen LogP contribution in [0.2, 0.25) is 0 Å². The van der Waals surface area contributed by atoms with Crippen LogP contribution >= 0.6 is 0 Å². The lowest BCUT2D eigenvalue weighted by molar-refractivity contribution is -0.148. The van der Waals surface area contributed by atoms with Gasteiger partial charge in [0, 0.05) is 12.2 Å². The fraction of sp³-hybridized carbons (Fsp3) is 0.533. The van der Waals surface area contributed by atoms with Gasteiger partial charge < -0.3 is 10.5 Å². The van der Waals surface area contributed by atoms with Crippen molar-refractivity contribution >= 4 is 11.7 Å². The summed E-state index contributed by atoms with van der Waals surface area (Å²) in [4.78, 5) is 13.8. The van der Waals surface area contributed by atoms with Crippen molar-refractivity contribution in [3.8, 4) is 0 Å². The fourth-order valence-corrected chi connectivity index (χ4v) is 1.93. The monoisotopic (exact) mass is 264 g/mol. The number of carbonyl (C=O) groups excluding carboxylic acids is 1. The minimum absolute atomic E-state index is 0.0715. The molecule has 0 saturated carbocycles. The normalized spacial score (nSPS) is 11.0. The molecule has 0 aromatic heterocycles. The van der Waals surface area contributed by atoms with Crippen LogP contribution in [0.15, 0.2) is 24.3 Å². The van der Waals surface area contributed by atoms with Gasteiger partial charge in [0.15, 0.2) is 0 Å². The summed E-state index contributed by atoms with van der Waals surface area (Å²) in [5.41, 5.74) is 7.75. The number of para-hydroxylation sites is 1. The summed E-state index contributed by atoms with van der Waals surface area (Å²) < 4.78 is 5.18. The molecule has 4 nitrogen and oxygen atoms in total. The Hall–Kier alpha value is -1.55. The van der Waals surface area contributed by atoms with Crippen molar-refractivity contribution in [1.82, 2.24) is 4.90 Å². The minimum atomic E-state index is -0.182. The summed E-state index contributed by atoms with van der Waals surface area (Å²) in [6.45, 7) is 7.64. The molecule has 106 valence electrons. The molecule has 0 aliphatic carbocycles. The quantitative estimate of drug-likeness (QED) is 0.607. The lowest BCUT2D eigenvalue weighted by atomic mass is 10.1. The van der Waals surface area contributed by atoms with Gasteiger partial charge in [-0.3, -0.25) is 9.69 Å². The van der Waals surface area contributed by atoms with E-state index in [0.29, 0.717) is 13.1 Å². The molecule has 0 bridgehead atoms. The lowest BCUT2D eigenvalue weighted by Crippen LogP contribution is -2.32. The van der Waals surface area contributed by atoms with Crippen molar-refractivity contribution in [3.05, 3.63) is 29.8 Å². The van der Waals surface area contributed by atoms with Crippen LogP contribution < -0.4 is 5.73 Å². The van der Waals surface area contributed by atoms with E-state index in [2.05, 4.69) is 11.8 Å². The van der Waals surface area contributed by atoms with Crippen molar-refractivity contribution in [1.29, 1.82) is 0 Å². The molecule has 1 aromatic carbocycles. The Balaban J connectivity index is 2.62. The van der Waals surface area contributed by atoms with Crippen LogP contribution in [-0.4, -0.2) is 30.1 Å². The topological polar surface area (TPSA) is 55.6 Å². The Labute approximate surface area is 115 Å². The molecule has 4 heteroatoms. The fourth-order valence-electron chi connectivity index (χ4n) is 1.93. The predicted octanol–water partition coefficient (Wildman–Crippen LogP) is 2.43. The van der Waals surface area contributed by atoms with E-state index >= 15 is 0 Å². The summed E-state index contributed by atoms with van der Waals surface area (Å²) in [6, 6.07) is 7.75. The Morgan fingerprint density at radius 1 is 1.37 bits per heavy atom. The number of nitrogens with two attached hydrogens (primary N) is 1. The zero-order valence-corrected chi connectivity index (χ0v) is 12.1. The first-order chi connectivity index (χ1) is 9.02. The second-order valence-corrected chi connectivity index (χ2v) is 4.95. The number of esters is 1. The van der Waals surface area contributed by atoms with Gasteiger partial charge in [0.1, 0.15) is 0 Å². The van der Waals surface area contributed by atoms with Gasteiger partial charge in [0.05, 0.1) is 12.6 Å². The number of hydrogen-bond acceptors (Lipinski definition) is 4. The van der Waals surface area contributed by atoms with Crippen LogP contribution in [0.4, 0.5) is 5.69 Å². The number of ether oxygens (including phenoxy) is 1. The van der Waals surface area contributed by atoms with Gasteiger partial charge in [0.2, 0.25) is 0 Å². The molecule has 0 aliphatic heterocycles. The number of hydrogen-bond donors (Lipinski definition) is 1. The highest BCUT2D eigenvalue weighted by atomic mass is 16.5. The maximum absolute atomic E-state index is 11.7. The Morgan fingerprint density at radius 2 is 2.05 bits per heavy atom. The molecule has 0 spiro atoms. The lowest BCUT2D eigenvalue weighted by Gasteiger charge is -2.22. The molecule has 1 rings (SSSR count). The largest absolute Gasteiger partial charge is 0.462 e. The van der Waals surface area contributed by atoms with Crippen LogP contribution in [-0.2, 0) is 16.1 Å². The van der Waals surface area contributed by atoms with E-state index in [0.717, 1.165) is 24.2 Å². The van der Waals surface area contributed by atoms with Crippen molar-refractivity contribution in [2.75, 3.05) is 18.8 Å². The molecule has 2 N–H and O–H groups in total. The molecule has 0 unspecified atom stereocenters. The number of rotatable bonds is 7. The highest BCUT2D eigenvalue weighted by molar-refractivity contribution is 5.71. The molecule has 0 atom stereocenters. The number of nitrogens with zero attached hydrogens (tertiary/aromatic N) is 1. The summed E-state index contributed by atoms with van der Waals surface area (Å²) in [5, 5.41) is 0. The van der Waals surface area contributed by atoms with Gasteiger partial charge in [-0.05, 0) is 38.4 Å². The van der Waals surface area contributed by atoms with Gasteiger partial charge >= 0.3 is 5.97 Å². The van der Waals surface area contributed by atoms with E-state index in [1.165, 1.54) is 0 Å². The second-order valence-electron chi connectivity index (χ2n) is 4.95. The minimum Gasteiger partial charge on any atom is -0.462 e. The standard InChI is InChI=1S/C15H24N2O2/c1-4-9-17(11-15(18)19-12(2)3)10-13-7-5-6-8-14(13)16/h5-8,12H,4,9-11,16H2,1-3H3. The maximum Gasteiger partial charge on any atom is 0.320 e. The van der Waals surface area contributed by atoms with Crippen LogP contribution in [0.1, 0.15) is 32.8 Å². The average Bonchev–Trinajstić information content (AvgIpc) is 2.31. The van der Waals surface area contributed by atoms with E-state index in [-0.39, 0.29) is 12.1 Å². The van der Waals surface area contributed by atoms with E-state index in [4.69, 9.17) is 10.5 Å². The molecule has 0 saturated heterocycles. The molecule has 0 amide bonds. The SMILES string of the molecule is CCCN(CC(=O)OC(C)C)Cc1ccccc1N. The van der Waals surface area contributed by atoms with E-state index < -0.39 is 0 Å². The Bertz CT molecular complexity index is 405. The van der Waals surface area contributed by atoms with Gasteiger partial charge in [-0.15, -0.1) is 0 Å². The summed E-state index contributed by atoms with van der Waals surface area (Å²) >= 11 is 0. The van der Waals surface area contributed by atoms with Gasteiger partial charge in [-0.25, -0.2) is 0 Å². The van der Waals surface area contributed by atoms with Crippen LogP contribution in [0.25, 0.3) is 0 Å². The van der Waals surface area contributed by atoms with Crippen molar-refractivity contribution in [3.63, 3.8) is 0 Å². The molecular weight excluding hydrogens is 240 g/mol. The smallest absolute Gasteiger partial charge is 0.320 e. The zero-order valence-electron chi connectivity index (χ0n) is 12.1. The van der Waals surface area contributed by atoms with Crippen molar-refractivity contribution in [2.45, 2.75) is 39.8 Å². The first kappa shape index (κ1) is 15.5. The van der Waals surface area contributed by atoms with E-state index in [9.17, 15) is 4.79 Å².